The molecule has 1 N–H and O–H groups in total. The molecule has 1 aliphatic heterocycles. The Morgan fingerprint density at radius 1 is 1.20 bits per heavy atom. The maximum absolute atomic E-state index is 12.3. The Balaban J connectivity index is 1.48. The third kappa shape index (κ3) is 4.73. The summed E-state index contributed by atoms with van der Waals surface area (Å²) >= 11 is 1.36. The predicted molar refractivity (Wildman–Crippen MR) is 98.1 cm³/mol. The monoisotopic (exact) mass is 356 g/mol. The number of nitrogens with zero attached hydrogens (tertiary/aromatic N) is 3. The van der Waals surface area contributed by atoms with Crippen LogP contribution in [0.2, 0.25) is 0 Å². The number of carbonyl (C=O) groups excluding carboxylic acids is 2. The molecular weight excluding hydrogens is 336 g/mol. The van der Waals surface area contributed by atoms with Crippen LogP contribution in [0.25, 0.3) is 6.08 Å². The third-order valence-corrected chi connectivity index (χ3v) is 4.91. The Hall–Kier alpha value is -2.54. The zero-order valence-electron chi connectivity index (χ0n) is 14.0. The van der Waals surface area contributed by atoms with Crippen molar-refractivity contribution in [2.45, 2.75) is 19.8 Å². The van der Waals surface area contributed by atoms with Gasteiger partial charge in [-0.3, -0.25) is 9.59 Å². The lowest BCUT2D eigenvalue weighted by atomic mass is 9.96. The lowest BCUT2D eigenvalue weighted by molar-refractivity contribution is -0.130. The van der Waals surface area contributed by atoms with Crippen LogP contribution in [0.15, 0.2) is 36.4 Å². The molecule has 0 unspecified atom stereocenters. The first kappa shape index (κ1) is 17.3. The molecule has 0 atom stereocenters. The van der Waals surface area contributed by atoms with Crippen LogP contribution in [0.4, 0.5) is 5.13 Å². The summed E-state index contributed by atoms with van der Waals surface area (Å²) in [7, 11) is 0. The summed E-state index contributed by atoms with van der Waals surface area (Å²) in [5, 5.41) is 12.0. The Morgan fingerprint density at radius 3 is 2.56 bits per heavy atom. The van der Waals surface area contributed by atoms with Gasteiger partial charge in [0.15, 0.2) is 0 Å². The topological polar surface area (TPSA) is 75.2 Å². The van der Waals surface area contributed by atoms with Crippen molar-refractivity contribution < 1.29 is 9.59 Å². The van der Waals surface area contributed by atoms with E-state index >= 15 is 0 Å². The molecule has 2 heterocycles. The molecule has 1 aliphatic rings. The largest absolute Gasteiger partial charge is 0.339 e. The van der Waals surface area contributed by atoms with E-state index in [9.17, 15) is 9.59 Å². The van der Waals surface area contributed by atoms with Gasteiger partial charge in [-0.2, -0.15) is 0 Å². The summed E-state index contributed by atoms with van der Waals surface area (Å²) in [5.41, 5.74) is 0.998. The molecule has 25 heavy (non-hydrogen) atoms. The Bertz CT molecular complexity index is 764. The van der Waals surface area contributed by atoms with Gasteiger partial charge in [0.05, 0.1) is 0 Å². The minimum absolute atomic E-state index is 0.0116. The quantitative estimate of drug-likeness (QED) is 0.855. The number of nitrogens with one attached hydrogen (secondary N) is 1. The number of aryl methyl sites for hydroxylation is 1. The van der Waals surface area contributed by atoms with Gasteiger partial charge in [-0.15, -0.1) is 10.2 Å². The number of aromatic nitrogens is 2. The number of hydrogen-bond donors (Lipinski definition) is 1. The Labute approximate surface area is 150 Å². The number of benzene rings is 1. The molecular formula is C18H20N4O2S. The fraction of sp³-hybridized carbons (Fsp3) is 0.333. The van der Waals surface area contributed by atoms with Crippen molar-refractivity contribution in [2.24, 2.45) is 5.92 Å². The lowest BCUT2D eigenvalue weighted by Gasteiger charge is -2.30. The van der Waals surface area contributed by atoms with Gasteiger partial charge in [-0.05, 0) is 31.4 Å². The van der Waals surface area contributed by atoms with E-state index in [4.69, 9.17) is 0 Å². The van der Waals surface area contributed by atoms with E-state index in [1.165, 1.54) is 11.3 Å². The van der Waals surface area contributed by atoms with E-state index in [-0.39, 0.29) is 17.7 Å². The van der Waals surface area contributed by atoms with E-state index in [2.05, 4.69) is 15.5 Å². The van der Waals surface area contributed by atoms with Gasteiger partial charge in [0.25, 0.3) is 0 Å². The molecule has 0 aliphatic carbocycles. The van der Waals surface area contributed by atoms with Gasteiger partial charge in [-0.25, -0.2) is 0 Å². The second-order valence-corrected chi connectivity index (χ2v) is 7.14. The van der Waals surface area contributed by atoms with Crippen LogP contribution in [0.5, 0.6) is 0 Å². The number of rotatable bonds is 4. The number of amides is 2. The van der Waals surface area contributed by atoms with Crippen molar-refractivity contribution in [2.75, 3.05) is 18.4 Å². The lowest BCUT2D eigenvalue weighted by Crippen LogP contribution is -2.40. The van der Waals surface area contributed by atoms with Crippen LogP contribution in [-0.2, 0) is 9.59 Å². The van der Waals surface area contributed by atoms with Gasteiger partial charge in [0, 0.05) is 25.1 Å². The Kier molecular flexibility index (Phi) is 5.55. The summed E-state index contributed by atoms with van der Waals surface area (Å²) in [6.45, 7) is 3.02. The predicted octanol–water partition coefficient (Wildman–Crippen LogP) is 2.74. The molecule has 0 spiro atoms. The van der Waals surface area contributed by atoms with Gasteiger partial charge < -0.3 is 10.2 Å². The zero-order valence-corrected chi connectivity index (χ0v) is 14.8. The van der Waals surface area contributed by atoms with Crippen LogP contribution in [0.1, 0.15) is 23.4 Å². The first-order valence-corrected chi connectivity index (χ1v) is 9.06. The van der Waals surface area contributed by atoms with Crippen molar-refractivity contribution in [1.82, 2.24) is 15.1 Å². The molecule has 0 radical (unpaired) electrons. The second-order valence-electron chi connectivity index (χ2n) is 5.96. The number of hydrogen-bond acceptors (Lipinski definition) is 5. The van der Waals surface area contributed by atoms with Crippen molar-refractivity contribution in [3.8, 4) is 0 Å². The van der Waals surface area contributed by atoms with E-state index in [0.717, 1.165) is 10.6 Å². The minimum Gasteiger partial charge on any atom is -0.339 e. The van der Waals surface area contributed by atoms with Gasteiger partial charge in [0.1, 0.15) is 5.01 Å². The smallest absolute Gasteiger partial charge is 0.246 e. The minimum atomic E-state index is -0.0913. The average Bonchev–Trinajstić information content (AvgIpc) is 3.05. The molecule has 1 aromatic carbocycles. The highest BCUT2D eigenvalue weighted by molar-refractivity contribution is 7.15. The fourth-order valence-electron chi connectivity index (χ4n) is 2.75. The fourth-order valence-corrected chi connectivity index (χ4v) is 3.35. The molecule has 6 nitrogen and oxygen atoms in total. The zero-order chi connectivity index (χ0) is 17.6. The number of carbonyl (C=O) groups is 2. The molecule has 1 saturated heterocycles. The molecule has 2 amide bonds. The van der Waals surface area contributed by atoms with E-state index in [0.29, 0.717) is 31.1 Å². The molecule has 0 saturated carbocycles. The highest BCUT2D eigenvalue weighted by Crippen LogP contribution is 2.21. The van der Waals surface area contributed by atoms with Crippen LogP contribution in [0.3, 0.4) is 0 Å². The molecule has 1 fully saturated rings. The summed E-state index contributed by atoms with van der Waals surface area (Å²) in [5.74, 6) is -0.142. The van der Waals surface area contributed by atoms with Crippen molar-refractivity contribution in [3.63, 3.8) is 0 Å². The van der Waals surface area contributed by atoms with Crippen LogP contribution in [-0.4, -0.2) is 40.0 Å². The normalized spacial score (nSPS) is 15.5. The first-order chi connectivity index (χ1) is 12.1. The van der Waals surface area contributed by atoms with Crippen molar-refractivity contribution in [3.05, 3.63) is 47.0 Å². The summed E-state index contributed by atoms with van der Waals surface area (Å²) in [4.78, 5) is 26.3. The Morgan fingerprint density at radius 2 is 1.92 bits per heavy atom. The van der Waals surface area contributed by atoms with E-state index in [1.54, 1.807) is 11.0 Å². The molecule has 1 aromatic heterocycles. The van der Waals surface area contributed by atoms with E-state index in [1.807, 2.05) is 43.3 Å². The number of anilines is 1. The SMILES string of the molecule is Cc1nnc(NC(=O)C2CCN(C(=O)C=Cc3ccccc3)CC2)s1. The highest BCUT2D eigenvalue weighted by atomic mass is 32.1. The third-order valence-electron chi connectivity index (χ3n) is 4.15. The average molecular weight is 356 g/mol. The molecule has 7 heteroatoms. The van der Waals surface area contributed by atoms with Gasteiger partial charge >= 0.3 is 0 Å². The van der Waals surface area contributed by atoms with Crippen LogP contribution in [0, 0.1) is 12.8 Å². The molecule has 2 aromatic rings. The summed E-state index contributed by atoms with van der Waals surface area (Å²) < 4.78 is 0. The standard InChI is InChI=1S/C18H20N4O2S/c1-13-20-21-18(25-13)19-17(24)15-9-11-22(12-10-15)16(23)8-7-14-5-3-2-4-6-14/h2-8,15H,9-12H2,1H3,(H,19,21,24). The van der Waals surface area contributed by atoms with Crippen molar-refractivity contribution >= 4 is 34.4 Å². The van der Waals surface area contributed by atoms with Gasteiger partial charge in [-0.1, -0.05) is 41.7 Å². The number of likely N-dealkylation sites (tertiary alicyclic amines) is 1. The maximum Gasteiger partial charge on any atom is 0.246 e. The first-order valence-electron chi connectivity index (χ1n) is 8.25. The van der Waals surface area contributed by atoms with Gasteiger partial charge in [0.2, 0.25) is 16.9 Å². The molecule has 3 rings (SSSR count). The van der Waals surface area contributed by atoms with Crippen molar-refractivity contribution in [1.29, 1.82) is 0 Å². The van der Waals surface area contributed by atoms with Crippen LogP contribution >= 0.6 is 11.3 Å². The maximum atomic E-state index is 12.3. The van der Waals surface area contributed by atoms with E-state index < -0.39 is 0 Å². The summed E-state index contributed by atoms with van der Waals surface area (Å²) in [6, 6.07) is 9.73. The molecule has 0 bridgehead atoms. The van der Waals surface area contributed by atoms with Crippen LogP contribution < -0.4 is 5.32 Å². The molecule has 130 valence electrons. The highest BCUT2D eigenvalue weighted by Gasteiger charge is 2.27. The number of piperidine rings is 1. The second kappa shape index (κ2) is 8.02. The summed E-state index contributed by atoms with van der Waals surface area (Å²) in [6.07, 6.45) is 4.74.